The number of aliphatic hydroxyl groups is 2. The molecule has 0 aromatic heterocycles. The van der Waals surface area contributed by atoms with Gasteiger partial charge in [-0.05, 0) is 30.4 Å². The molecule has 2 rings (SSSR count). The van der Waals surface area contributed by atoms with E-state index < -0.39 is 11.7 Å². The van der Waals surface area contributed by atoms with E-state index in [9.17, 15) is 10.2 Å². The van der Waals surface area contributed by atoms with Crippen molar-refractivity contribution in [1.82, 2.24) is 0 Å². The summed E-state index contributed by atoms with van der Waals surface area (Å²) in [5, 5.41) is 21.0. The topological polar surface area (TPSA) is 40.5 Å². The summed E-state index contributed by atoms with van der Waals surface area (Å²) in [5.41, 5.74) is 1.55. The lowest BCUT2D eigenvalue weighted by atomic mass is 9.85. The number of benzene rings is 1. The Kier molecular flexibility index (Phi) is 5.00. The Balaban J connectivity index is 2.00. The summed E-state index contributed by atoms with van der Waals surface area (Å²) in [6.45, 7) is 2.14. The molecule has 0 radical (unpaired) electrons. The van der Waals surface area contributed by atoms with Gasteiger partial charge in [-0.1, -0.05) is 56.9 Å². The molecule has 1 aromatic carbocycles. The maximum atomic E-state index is 10.6. The SMILES string of the molecule is CCc1ccc(CC(O)C2(O)CCCCCC2)cc1. The quantitative estimate of drug-likeness (QED) is 0.818. The Morgan fingerprint density at radius 2 is 1.53 bits per heavy atom. The molecule has 19 heavy (non-hydrogen) atoms. The van der Waals surface area contributed by atoms with Crippen LogP contribution in [-0.2, 0) is 12.8 Å². The lowest BCUT2D eigenvalue weighted by molar-refractivity contribution is -0.0836. The van der Waals surface area contributed by atoms with Crippen molar-refractivity contribution in [3.63, 3.8) is 0 Å². The van der Waals surface area contributed by atoms with Crippen LogP contribution in [0.3, 0.4) is 0 Å². The van der Waals surface area contributed by atoms with Gasteiger partial charge < -0.3 is 10.2 Å². The Hall–Kier alpha value is -0.860. The average molecular weight is 262 g/mol. The van der Waals surface area contributed by atoms with Gasteiger partial charge in [0.2, 0.25) is 0 Å². The first kappa shape index (κ1) is 14.5. The average Bonchev–Trinajstić information content (AvgIpc) is 2.65. The molecule has 0 spiro atoms. The normalized spacial score (nSPS) is 20.8. The second-order valence-electron chi connectivity index (χ2n) is 5.91. The van der Waals surface area contributed by atoms with E-state index in [4.69, 9.17) is 0 Å². The number of rotatable bonds is 4. The highest BCUT2D eigenvalue weighted by molar-refractivity contribution is 5.23. The van der Waals surface area contributed by atoms with Gasteiger partial charge in [0.25, 0.3) is 0 Å². The van der Waals surface area contributed by atoms with Crippen molar-refractivity contribution in [2.24, 2.45) is 0 Å². The predicted octanol–water partition coefficient (Wildman–Crippen LogP) is 3.24. The molecule has 1 saturated carbocycles. The molecule has 0 aliphatic heterocycles. The summed E-state index contributed by atoms with van der Waals surface area (Å²) in [5.74, 6) is 0. The molecular formula is C17H26O2. The van der Waals surface area contributed by atoms with Crippen LogP contribution in [0, 0.1) is 0 Å². The molecule has 2 N–H and O–H groups in total. The van der Waals surface area contributed by atoms with Crippen LogP contribution in [0.25, 0.3) is 0 Å². The number of hydrogen-bond donors (Lipinski definition) is 2. The lowest BCUT2D eigenvalue weighted by Crippen LogP contribution is -2.43. The fraction of sp³-hybridized carbons (Fsp3) is 0.647. The molecule has 0 amide bonds. The molecule has 1 fully saturated rings. The van der Waals surface area contributed by atoms with Gasteiger partial charge in [-0.3, -0.25) is 0 Å². The standard InChI is InChI=1S/C17H26O2/c1-2-14-7-9-15(10-8-14)13-16(18)17(19)11-5-3-4-6-12-17/h7-10,16,18-19H,2-6,11-13H2,1H3. The van der Waals surface area contributed by atoms with E-state index in [-0.39, 0.29) is 0 Å². The van der Waals surface area contributed by atoms with Crippen LogP contribution in [0.5, 0.6) is 0 Å². The Morgan fingerprint density at radius 3 is 2.05 bits per heavy atom. The lowest BCUT2D eigenvalue weighted by Gasteiger charge is -2.32. The van der Waals surface area contributed by atoms with Crippen molar-refractivity contribution < 1.29 is 10.2 Å². The Morgan fingerprint density at radius 1 is 1.00 bits per heavy atom. The summed E-state index contributed by atoms with van der Waals surface area (Å²) in [6.07, 6.45) is 6.85. The molecule has 2 heteroatoms. The first-order valence-corrected chi connectivity index (χ1v) is 7.62. The summed E-state index contributed by atoms with van der Waals surface area (Å²) in [7, 11) is 0. The summed E-state index contributed by atoms with van der Waals surface area (Å²) >= 11 is 0. The molecular weight excluding hydrogens is 236 g/mol. The monoisotopic (exact) mass is 262 g/mol. The van der Waals surface area contributed by atoms with Gasteiger partial charge in [0.1, 0.15) is 0 Å². The second-order valence-corrected chi connectivity index (χ2v) is 5.91. The van der Waals surface area contributed by atoms with Gasteiger partial charge in [0.15, 0.2) is 0 Å². The number of hydrogen-bond acceptors (Lipinski definition) is 2. The van der Waals surface area contributed by atoms with Crippen LogP contribution >= 0.6 is 0 Å². The molecule has 0 saturated heterocycles. The largest absolute Gasteiger partial charge is 0.390 e. The van der Waals surface area contributed by atoms with Crippen LogP contribution in [0.4, 0.5) is 0 Å². The second kappa shape index (κ2) is 6.53. The van der Waals surface area contributed by atoms with E-state index in [1.54, 1.807) is 0 Å². The van der Waals surface area contributed by atoms with Crippen molar-refractivity contribution in [2.75, 3.05) is 0 Å². The fourth-order valence-electron chi connectivity index (χ4n) is 3.00. The van der Waals surface area contributed by atoms with Gasteiger partial charge >= 0.3 is 0 Å². The highest BCUT2D eigenvalue weighted by Gasteiger charge is 2.35. The molecule has 1 unspecified atom stereocenters. The van der Waals surface area contributed by atoms with Crippen LogP contribution < -0.4 is 0 Å². The van der Waals surface area contributed by atoms with Gasteiger partial charge in [-0.15, -0.1) is 0 Å². The molecule has 1 atom stereocenters. The molecule has 1 aliphatic rings. The van der Waals surface area contributed by atoms with Crippen LogP contribution in [0.1, 0.15) is 56.6 Å². The van der Waals surface area contributed by atoms with Crippen LogP contribution in [-0.4, -0.2) is 21.9 Å². The van der Waals surface area contributed by atoms with Crippen LogP contribution in [0.2, 0.25) is 0 Å². The van der Waals surface area contributed by atoms with Crippen molar-refractivity contribution >= 4 is 0 Å². The summed E-state index contributed by atoms with van der Waals surface area (Å²) in [4.78, 5) is 0. The predicted molar refractivity (Wildman–Crippen MR) is 78.2 cm³/mol. The maximum absolute atomic E-state index is 10.6. The third kappa shape index (κ3) is 3.80. The molecule has 1 aliphatic carbocycles. The van der Waals surface area contributed by atoms with Crippen molar-refractivity contribution in [3.05, 3.63) is 35.4 Å². The fourth-order valence-corrected chi connectivity index (χ4v) is 3.00. The molecule has 0 heterocycles. The minimum absolute atomic E-state index is 0.556. The van der Waals surface area contributed by atoms with Crippen molar-refractivity contribution in [3.8, 4) is 0 Å². The third-order valence-electron chi connectivity index (χ3n) is 4.45. The minimum Gasteiger partial charge on any atom is -0.390 e. The van der Waals surface area contributed by atoms with Gasteiger partial charge in [-0.25, -0.2) is 0 Å². The highest BCUT2D eigenvalue weighted by Crippen LogP contribution is 2.31. The Bertz CT molecular complexity index is 375. The summed E-state index contributed by atoms with van der Waals surface area (Å²) in [6, 6.07) is 8.36. The van der Waals surface area contributed by atoms with Crippen LogP contribution in [0.15, 0.2) is 24.3 Å². The first-order valence-electron chi connectivity index (χ1n) is 7.62. The van der Waals surface area contributed by atoms with E-state index in [1.165, 1.54) is 18.4 Å². The zero-order valence-corrected chi connectivity index (χ0v) is 11.9. The minimum atomic E-state index is -0.875. The maximum Gasteiger partial charge on any atom is 0.0908 e. The zero-order valence-electron chi connectivity index (χ0n) is 11.9. The molecule has 2 nitrogen and oxygen atoms in total. The van der Waals surface area contributed by atoms with Gasteiger partial charge in [0.05, 0.1) is 11.7 Å². The third-order valence-corrected chi connectivity index (χ3v) is 4.45. The van der Waals surface area contributed by atoms with E-state index in [0.29, 0.717) is 6.42 Å². The molecule has 0 bridgehead atoms. The first-order chi connectivity index (χ1) is 9.14. The number of aryl methyl sites for hydroxylation is 1. The van der Waals surface area contributed by atoms with E-state index in [1.807, 2.05) is 0 Å². The van der Waals surface area contributed by atoms with E-state index >= 15 is 0 Å². The molecule has 106 valence electrons. The van der Waals surface area contributed by atoms with Crippen molar-refractivity contribution in [1.29, 1.82) is 0 Å². The van der Waals surface area contributed by atoms with E-state index in [0.717, 1.165) is 37.7 Å². The molecule has 1 aromatic rings. The summed E-state index contributed by atoms with van der Waals surface area (Å²) < 4.78 is 0. The van der Waals surface area contributed by atoms with Gasteiger partial charge in [-0.2, -0.15) is 0 Å². The number of aliphatic hydroxyl groups excluding tert-OH is 1. The van der Waals surface area contributed by atoms with Gasteiger partial charge in [0, 0.05) is 6.42 Å². The Labute approximate surface area is 116 Å². The smallest absolute Gasteiger partial charge is 0.0908 e. The van der Waals surface area contributed by atoms with Crippen molar-refractivity contribution in [2.45, 2.75) is 70.0 Å². The highest BCUT2D eigenvalue weighted by atomic mass is 16.3. The van der Waals surface area contributed by atoms with E-state index in [2.05, 4.69) is 31.2 Å². The zero-order chi connectivity index (χ0) is 13.7.